The fourth-order valence-corrected chi connectivity index (χ4v) is 4.31. The molecule has 0 amide bonds. The molecule has 0 radical (unpaired) electrons. The highest BCUT2D eigenvalue weighted by atomic mass is 35.5. The Hall–Kier alpha value is -3.30. The van der Waals surface area contributed by atoms with Crippen LogP contribution in [0.2, 0.25) is 5.15 Å². The van der Waals surface area contributed by atoms with Gasteiger partial charge in [-0.2, -0.15) is 8.42 Å². The van der Waals surface area contributed by atoms with Gasteiger partial charge in [-0.1, -0.05) is 29.8 Å². The van der Waals surface area contributed by atoms with Crippen LogP contribution in [0.15, 0.2) is 53.6 Å². The van der Waals surface area contributed by atoms with E-state index in [4.69, 9.17) is 25.3 Å². The fraction of sp³-hybridized carbons (Fsp3) is 0.217. The molecule has 0 bridgehead atoms. The Balaban J connectivity index is 1.72. The fourth-order valence-electron chi connectivity index (χ4n) is 2.90. The van der Waals surface area contributed by atoms with Gasteiger partial charge in [0.15, 0.2) is 11.5 Å². The number of aryl methyl sites for hydroxylation is 2. The van der Waals surface area contributed by atoms with Crippen molar-refractivity contribution in [2.75, 3.05) is 7.11 Å². The molecule has 0 N–H and O–H groups in total. The lowest BCUT2D eigenvalue weighted by Crippen LogP contribution is -2.12. The van der Waals surface area contributed by atoms with Gasteiger partial charge in [0.2, 0.25) is 0 Å². The van der Waals surface area contributed by atoms with Crippen LogP contribution in [-0.2, 0) is 33.3 Å². The maximum atomic E-state index is 12.8. The van der Waals surface area contributed by atoms with Crippen molar-refractivity contribution in [3.05, 3.63) is 76.3 Å². The Bertz CT molecular complexity index is 1310. The van der Waals surface area contributed by atoms with Crippen LogP contribution in [0.25, 0.3) is 6.08 Å². The Kier molecular flexibility index (Phi) is 7.45. The number of rotatable bonds is 8. The van der Waals surface area contributed by atoms with E-state index in [1.165, 1.54) is 31.5 Å². The van der Waals surface area contributed by atoms with E-state index in [9.17, 15) is 13.2 Å². The number of carbonyl (C=O) groups is 1. The van der Waals surface area contributed by atoms with Gasteiger partial charge < -0.3 is 18.2 Å². The zero-order chi connectivity index (χ0) is 24.2. The van der Waals surface area contributed by atoms with Crippen molar-refractivity contribution in [3.8, 4) is 11.5 Å². The van der Waals surface area contributed by atoms with Crippen LogP contribution in [0, 0.1) is 13.8 Å². The summed E-state index contributed by atoms with van der Waals surface area (Å²) in [6.07, 6.45) is 4.23. The third-order valence-corrected chi connectivity index (χ3v) is 6.51. The second-order valence-corrected chi connectivity index (χ2v) is 9.12. The Morgan fingerprint density at radius 3 is 2.58 bits per heavy atom. The zero-order valence-corrected chi connectivity index (χ0v) is 20.1. The van der Waals surface area contributed by atoms with Crippen molar-refractivity contribution in [1.29, 1.82) is 0 Å². The number of imidazole rings is 1. The number of halogens is 1. The molecule has 3 rings (SSSR count). The summed E-state index contributed by atoms with van der Waals surface area (Å²) >= 11 is 5.90. The first-order valence-electron chi connectivity index (χ1n) is 9.81. The monoisotopic (exact) mass is 490 g/mol. The predicted molar refractivity (Wildman–Crippen MR) is 124 cm³/mol. The van der Waals surface area contributed by atoms with Gasteiger partial charge >= 0.3 is 16.1 Å². The summed E-state index contributed by atoms with van der Waals surface area (Å²) < 4.78 is 43.0. The maximum absolute atomic E-state index is 12.8. The highest BCUT2D eigenvalue weighted by molar-refractivity contribution is 7.87. The predicted octanol–water partition coefficient (Wildman–Crippen LogP) is 4.22. The van der Waals surface area contributed by atoms with Crippen LogP contribution in [0.5, 0.6) is 11.5 Å². The Morgan fingerprint density at radius 1 is 1.15 bits per heavy atom. The number of hydrogen-bond donors (Lipinski definition) is 0. The average molecular weight is 491 g/mol. The molecule has 0 saturated heterocycles. The molecule has 8 nitrogen and oxygen atoms in total. The summed E-state index contributed by atoms with van der Waals surface area (Å²) in [5.41, 5.74) is 1.96. The first-order chi connectivity index (χ1) is 15.6. The molecule has 3 aromatic rings. The number of esters is 1. The van der Waals surface area contributed by atoms with Gasteiger partial charge in [0.25, 0.3) is 0 Å². The van der Waals surface area contributed by atoms with Crippen molar-refractivity contribution >= 4 is 33.8 Å². The number of benzene rings is 2. The summed E-state index contributed by atoms with van der Waals surface area (Å²) in [6, 6.07) is 9.71. The summed E-state index contributed by atoms with van der Waals surface area (Å²) in [5, 5.41) is 0.436. The third-order valence-electron chi connectivity index (χ3n) is 4.78. The lowest BCUT2D eigenvalue weighted by molar-refractivity contribution is -0.139. The van der Waals surface area contributed by atoms with Gasteiger partial charge in [0.1, 0.15) is 22.5 Å². The highest BCUT2D eigenvalue weighted by Gasteiger charge is 2.21. The lowest BCUT2D eigenvalue weighted by Gasteiger charge is -2.13. The molecule has 1 heterocycles. The first-order valence-corrected chi connectivity index (χ1v) is 11.6. The summed E-state index contributed by atoms with van der Waals surface area (Å²) in [6.45, 7) is 3.47. The van der Waals surface area contributed by atoms with Crippen LogP contribution >= 0.6 is 11.6 Å². The Morgan fingerprint density at radius 2 is 1.91 bits per heavy atom. The highest BCUT2D eigenvalue weighted by Crippen LogP contribution is 2.32. The molecule has 0 atom stereocenters. The maximum Gasteiger partial charge on any atom is 0.339 e. The number of hydrogen-bond acceptors (Lipinski definition) is 7. The lowest BCUT2D eigenvalue weighted by atomic mass is 10.2. The van der Waals surface area contributed by atoms with Crippen LogP contribution in [0.3, 0.4) is 0 Å². The Labute approximate surface area is 197 Å². The van der Waals surface area contributed by atoms with Crippen molar-refractivity contribution in [1.82, 2.24) is 9.55 Å². The number of methoxy groups -OCH3 is 1. The van der Waals surface area contributed by atoms with Gasteiger partial charge in [0.05, 0.1) is 13.3 Å². The van der Waals surface area contributed by atoms with E-state index in [1.54, 1.807) is 49.7 Å². The standard InChI is InChI=1S/C23H23ClN2O6S/c1-15-5-6-16(2)20(11-15)33(28,29)32-18-9-7-17(12-19(18)30-4)8-10-23(27)31-14-22-25-13-21(24)26(22)3/h5-13H,14H2,1-4H3/b10-8+. The van der Waals surface area contributed by atoms with Crippen LogP contribution < -0.4 is 8.92 Å². The van der Waals surface area contributed by atoms with Crippen LogP contribution in [-0.4, -0.2) is 31.0 Å². The molecule has 0 unspecified atom stereocenters. The summed E-state index contributed by atoms with van der Waals surface area (Å²) in [7, 11) is -0.954. The number of nitrogens with zero attached hydrogens (tertiary/aromatic N) is 2. The molecule has 1 aromatic heterocycles. The van der Waals surface area contributed by atoms with Gasteiger partial charge in [0, 0.05) is 13.1 Å². The number of carbonyl (C=O) groups excluding carboxylic acids is 1. The SMILES string of the molecule is COc1cc(/C=C/C(=O)OCc2ncc(Cl)n2C)ccc1OS(=O)(=O)c1cc(C)ccc1C. The molecular formula is C23H23ClN2O6S. The van der Waals surface area contributed by atoms with E-state index in [0.29, 0.717) is 22.1 Å². The van der Waals surface area contributed by atoms with E-state index in [-0.39, 0.29) is 23.0 Å². The molecule has 0 aliphatic heterocycles. The van der Waals surface area contributed by atoms with Gasteiger partial charge in [-0.15, -0.1) is 0 Å². The molecule has 0 spiro atoms. The topological polar surface area (TPSA) is 96.7 Å². The summed E-state index contributed by atoms with van der Waals surface area (Å²) in [5.74, 6) is 0.160. The third kappa shape index (κ3) is 5.94. The minimum atomic E-state index is -4.06. The first kappa shape index (κ1) is 24.3. The molecule has 10 heteroatoms. The molecule has 0 saturated carbocycles. The van der Waals surface area contributed by atoms with Crippen molar-refractivity contribution in [2.24, 2.45) is 7.05 Å². The second-order valence-electron chi connectivity index (χ2n) is 7.21. The quantitative estimate of drug-likeness (QED) is 0.265. The van der Waals surface area contributed by atoms with E-state index in [2.05, 4.69) is 4.98 Å². The molecule has 174 valence electrons. The van der Waals surface area contributed by atoms with E-state index >= 15 is 0 Å². The minimum absolute atomic E-state index is 0.0290. The molecule has 33 heavy (non-hydrogen) atoms. The molecule has 2 aromatic carbocycles. The zero-order valence-electron chi connectivity index (χ0n) is 18.5. The normalized spacial score (nSPS) is 11.5. The van der Waals surface area contributed by atoms with Gasteiger partial charge in [-0.05, 0) is 54.8 Å². The van der Waals surface area contributed by atoms with Crippen molar-refractivity contribution in [3.63, 3.8) is 0 Å². The number of ether oxygens (including phenoxy) is 2. The van der Waals surface area contributed by atoms with Gasteiger partial charge in [-0.25, -0.2) is 9.78 Å². The van der Waals surface area contributed by atoms with Crippen LogP contribution in [0.4, 0.5) is 0 Å². The second kappa shape index (κ2) is 10.1. The minimum Gasteiger partial charge on any atom is -0.493 e. The largest absolute Gasteiger partial charge is 0.493 e. The molecule has 0 aliphatic carbocycles. The van der Waals surface area contributed by atoms with E-state index in [0.717, 1.165) is 5.56 Å². The smallest absolute Gasteiger partial charge is 0.339 e. The molecule has 0 aliphatic rings. The van der Waals surface area contributed by atoms with E-state index < -0.39 is 16.1 Å². The van der Waals surface area contributed by atoms with Crippen LogP contribution in [0.1, 0.15) is 22.5 Å². The van der Waals surface area contributed by atoms with Gasteiger partial charge in [-0.3, -0.25) is 0 Å². The average Bonchev–Trinajstić information content (AvgIpc) is 3.10. The van der Waals surface area contributed by atoms with Crippen molar-refractivity contribution in [2.45, 2.75) is 25.3 Å². The number of aromatic nitrogens is 2. The molecule has 0 fully saturated rings. The van der Waals surface area contributed by atoms with E-state index in [1.807, 2.05) is 6.07 Å². The summed E-state index contributed by atoms with van der Waals surface area (Å²) in [4.78, 5) is 16.2. The molecular weight excluding hydrogens is 468 g/mol. The van der Waals surface area contributed by atoms with Crippen molar-refractivity contribution < 1.29 is 26.9 Å².